The van der Waals surface area contributed by atoms with Crippen LogP contribution in [-0.2, 0) is 11.2 Å². The minimum absolute atomic E-state index is 0.0334. The molecule has 0 saturated carbocycles. The summed E-state index contributed by atoms with van der Waals surface area (Å²) in [5.41, 5.74) is 1.79. The van der Waals surface area contributed by atoms with Crippen LogP contribution in [0.15, 0.2) is 34.0 Å². The van der Waals surface area contributed by atoms with Crippen molar-refractivity contribution in [1.82, 2.24) is 9.55 Å². The van der Waals surface area contributed by atoms with Gasteiger partial charge >= 0.3 is 5.97 Å². The van der Waals surface area contributed by atoms with Gasteiger partial charge in [-0.1, -0.05) is 46.2 Å². The predicted octanol–water partition coefficient (Wildman–Crippen LogP) is 4.03. The van der Waals surface area contributed by atoms with Crippen LogP contribution >= 0.6 is 39.3 Å². The molecule has 4 nitrogen and oxygen atoms in total. The fourth-order valence-electron chi connectivity index (χ4n) is 1.77. The molecule has 1 aromatic carbocycles. The number of carboxylic acids is 1. The Balaban J connectivity index is 2.47. The van der Waals surface area contributed by atoms with Crippen LogP contribution in [0.5, 0.6) is 0 Å². The van der Waals surface area contributed by atoms with Crippen LogP contribution in [0.4, 0.5) is 0 Å². The lowest BCUT2D eigenvalue weighted by atomic mass is 10.3. The number of rotatable bonds is 5. The molecular formula is C13H12BrClN2O2S. The molecule has 0 spiro atoms. The molecule has 0 saturated heterocycles. The SMILES string of the molecule is CCc1cnc(SCC(=O)O)n1-c1ccc(Br)cc1Cl. The molecule has 0 aliphatic rings. The zero-order valence-electron chi connectivity index (χ0n) is 10.6. The molecule has 1 aromatic heterocycles. The van der Waals surface area contributed by atoms with Crippen LogP contribution in [0.3, 0.4) is 0 Å². The number of aromatic nitrogens is 2. The second kappa shape index (κ2) is 6.65. The van der Waals surface area contributed by atoms with Gasteiger partial charge in [-0.2, -0.15) is 0 Å². The first-order valence-corrected chi connectivity index (χ1v) is 8.05. The third-order valence-corrected chi connectivity index (χ3v) is 4.37. The van der Waals surface area contributed by atoms with Gasteiger partial charge < -0.3 is 5.11 Å². The van der Waals surface area contributed by atoms with Crippen LogP contribution in [0.1, 0.15) is 12.6 Å². The molecule has 0 atom stereocenters. The molecule has 106 valence electrons. The highest BCUT2D eigenvalue weighted by Crippen LogP contribution is 2.30. The molecular weight excluding hydrogens is 364 g/mol. The largest absolute Gasteiger partial charge is 0.481 e. The van der Waals surface area contributed by atoms with Crippen molar-refractivity contribution in [3.63, 3.8) is 0 Å². The van der Waals surface area contributed by atoms with Crippen molar-refractivity contribution in [2.45, 2.75) is 18.5 Å². The number of thioether (sulfide) groups is 1. The third kappa shape index (κ3) is 3.37. The molecule has 1 heterocycles. The fraction of sp³-hybridized carbons (Fsp3) is 0.231. The number of imidazole rings is 1. The second-order valence-corrected chi connectivity index (χ2v) is 6.26. The third-order valence-electron chi connectivity index (χ3n) is 2.64. The van der Waals surface area contributed by atoms with E-state index in [1.54, 1.807) is 6.20 Å². The van der Waals surface area contributed by atoms with Crippen molar-refractivity contribution in [3.8, 4) is 5.69 Å². The molecule has 0 amide bonds. The van der Waals surface area contributed by atoms with Gasteiger partial charge in [-0.3, -0.25) is 9.36 Å². The molecule has 1 N–H and O–H groups in total. The highest BCUT2D eigenvalue weighted by Gasteiger charge is 2.15. The smallest absolute Gasteiger partial charge is 0.313 e. The summed E-state index contributed by atoms with van der Waals surface area (Å²) in [7, 11) is 0. The average Bonchev–Trinajstić information content (AvgIpc) is 2.79. The zero-order valence-corrected chi connectivity index (χ0v) is 13.8. The van der Waals surface area contributed by atoms with Gasteiger partial charge in [-0.05, 0) is 24.6 Å². The number of halogens is 2. The van der Waals surface area contributed by atoms with Gasteiger partial charge in [0.05, 0.1) is 16.5 Å². The zero-order chi connectivity index (χ0) is 14.7. The molecule has 0 aliphatic heterocycles. The van der Waals surface area contributed by atoms with Gasteiger partial charge in [0, 0.05) is 16.4 Å². The standard InChI is InChI=1S/C13H12BrClN2O2S/c1-2-9-6-16-13(20-7-12(18)19)17(9)11-4-3-8(14)5-10(11)15/h3-6H,2,7H2,1H3,(H,18,19). The molecule has 2 rings (SSSR count). The topological polar surface area (TPSA) is 55.1 Å². The lowest BCUT2D eigenvalue weighted by Gasteiger charge is -2.12. The summed E-state index contributed by atoms with van der Waals surface area (Å²) < 4.78 is 2.80. The van der Waals surface area contributed by atoms with E-state index in [0.29, 0.717) is 10.2 Å². The number of aliphatic carboxylic acids is 1. The highest BCUT2D eigenvalue weighted by atomic mass is 79.9. The fourth-order valence-corrected chi connectivity index (χ4v) is 3.25. The monoisotopic (exact) mass is 374 g/mol. The molecule has 20 heavy (non-hydrogen) atoms. The maximum Gasteiger partial charge on any atom is 0.313 e. The Morgan fingerprint density at radius 3 is 2.90 bits per heavy atom. The summed E-state index contributed by atoms with van der Waals surface area (Å²) in [5.74, 6) is -0.904. The number of hydrogen-bond acceptors (Lipinski definition) is 3. The van der Waals surface area contributed by atoms with Crippen molar-refractivity contribution < 1.29 is 9.90 Å². The molecule has 0 unspecified atom stereocenters. The summed E-state index contributed by atoms with van der Waals surface area (Å²) >= 11 is 10.8. The van der Waals surface area contributed by atoms with E-state index in [1.807, 2.05) is 29.7 Å². The van der Waals surface area contributed by atoms with Crippen molar-refractivity contribution in [3.05, 3.63) is 39.6 Å². The minimum Gasteiger partial charge on any atom is -0.481 e. The van der Waals surface area contributed by atoms with E-state index in [9.17, 15) is 4.79 Å². The summed E-state index contributed by atoms with van der Waals surface area (Å²) in [6.07, 6.45) is 2.54. The summed E-state index contributed by atoms with van der Waals surface area (Å²) in [5, 5.41) is 10.0. The Morgan fingerprint density at radius 2 is 2.30 bits per heavy atom. The van der Waals surface area contributed by atoms with Gasteiger partial charge in [0.2, 0.25) is 0 Å². The molecule has 7 heteroatoms. The Kier molecular flexibility index (Phi) is 5.12. The van der Waals surface area contributed by atoms with Crippen LogP contribution in [0.2, 0.25) is 5.02 Å². The number of benzene rings is 1. The average molecular weight is 376 g/mol. The van der Waals surface area contributed by atoms with Crippen LogP contribution in [0, 0.1) is 0 Å². The minimum atomic E-state index is -0.871. The van der Waals surface area contributed by atoms with Gasteiger partial charge in [-0.25, -0.2) is 4.98 Å². The first-order chi connectivity index (χ1) is 9.52. The van der Waals surface area contributed by atoms with E-state index in [-0.39, 0.29) is 5.75 Å². The Hall–Kier alpha value is -0.980. The van der Waals surface area contributed by atoms with Crippen molar-refractivity contribution in [1.29, 1.82) is 0 Å². The molecule has 0 aliphatic carbocycles. The Morgan fingerprint density at radius 1 is 1.55 bits per heavy atom. The Bertz CT molecular complexity index is 645. The summed E-state index contributed by atoms with van der Waals surface area (Å²) in [6.45, 7) is 2.02. The van der Waals surface area contributed by atoms with E-state index in [2.05, 4.69) is 20.9 Å². The van der Waals surface area contributed by atoms with E-state index < -0.39 is 5.97 Å². The number of carboxylic acid groups (broad SMARTS) is 1. The van der Waals surface area contributed by atoms with E-state index >= 15 is 0 Å². The van der Waals surface area contributed by atoms with Gasteiger partial charge in [-0.15, -0.1) is 0 Å². The second-order valence-electron chi connectivity index (χ2n) is 4.00. The Labute approximate surface area is 134 Å². The maximum atomic E-state index is 10.7. The van der Waals surface area contributed by atoms with Gasteiger partial charge in [0.15, 0.2) is 5.16 Å². The molecule has 0 radical (unpaired) electrons. The lowest BCUT2D eigenvalue weighted by molar-refractivity contribution is -0.133. The number of nitrogens with zero attached hydrogens (tertiary/aromatic N) is 2. The van der Waals surface area contributed by atoms with E-state index in [4.69, 9.17) is 16.7 Å². The van der Waals surface area contributed by atoms with E-state index in [0.717, 1.165) is 22.3 Å². The first kappa shape index (κ1) is 15.4. The first-order valence-electron chi connectivity index (χ1n) is 5.89. The van der Waals surface area contributed by atoms with Crippen LogP contribution in [-0.4, -0.2) is 26.4 Å². The van der Waals surface area contributed by atoms with E-state index in [1.165, 1.54) is 11.8 Å². The lowest BCUT2D eigenvalue weighted by Crippen LogP contribution is -2.04. The van der Waals surface area contributed by atoms with Crippen molar-refractivity contribution in [2.24, 2.45) is 0 Å². The van der Waals surface area contributed by atoms with Crippen molar-refractivity contribution in [2.75, 3.05) is 5.75 Å². The number of carbonyl (C=O) groups is 1. The number of aryl methyl sites for hydroxylation is 1. The maximum absolute atomic E-state index is 10.7. The quantitative estimate of drug-likeness (QED) is 0.802. The highest BCUT2D eigenvalue weighted by molar-refractivity contribution is 9.10. The van der Waals surface area contributed by atoms with Crippen molar-refractivity contribution >= 4 is 45.3 Å². The van der Waals surface area contributed by atoms with Crippen LogP contribution in [0.25, 0.3) is 5.69 Å². The number of hydrogen-bond donors (Lipinski definition) is 1. The van der Waals surface area contributed by atoms with Gasteiger partial charge in [0.25, 0.3) is 0 Å². The van der Waals surface area contributed by atoms with Crippen LogP contribution < -0.4 is 0 Å². The summed E-state index contributed by atoms with van der Waals surface area (Å²) in [4.78, 5) is 15.0. The predicted molar refractivity (Wildman–Crippen MR) is 84.0 cm³/mol. The summed E-state index contributed by atoms with van der Waals surface area (Å²) in [6, 6.07) is 5.59. The molecule has 0 bridgehead atoms. The molecule has 0 fully saturated rings. The molecule has 2 aromatic rings. The van der Waals surface area contributed by atoms with Gasteiger partial charge in [0.1, 0.15) is 0 Å². The normalized spacial score (nSPS) is 10.8.